The first-order chi connectivity index (χ1) is 5.02. The molecule has 1 rings (SSSR count). The summed E-state index contributed by atoms with van der Waals surface area (Å²) in [7, 11) is 0. The summed E-state index contributed by atoms with van der Waals surface area (Å²) in [6.45, 7) is 3.65. The van der Waals surface area contributed by atoms with E-state index in [1.54, 1.807) is 0 Å². The van der Waals surface area contributed by atoms with E-state index in [0.717, 1.165) is 0 Å². The van der Waals surface area contributed by atoms with Gasteiger partial charge in [0.2, 0.25) is 5.91 Å². The molecule has 0 unspecified atom stereocenters. The molecule has 0 bridgehead atoms. The van der Waals surface area contributed by atoms with Crippen molar-refractivity contribution in [2.75, 3.05) is 0 Å². The van der Waals surface area contributed by atoms with Gasteiger partial charge in [-0.25, -0.2) is 0 Å². The van der Waals surface area contributed by atoms with Gasteiger partial charge in [-0.3, -0.25) is 4.79 Å². The van der Waals surface area contributed by atoms with Crippen LogP contribution in [0.5, 0.6) is 0 Å². The first-order valence-electron chi connectivity index (χ1n) is 4.10. The van der Waals surface area contributed by atoms with Crippen molar-refractivity contribution in [3.63, 3.8) is 0 Å². The zero-order valence-electron chi connectivity index (χ0n) is 7.18. The number of nitrogens with two attached hydrogens (primary N) is 1. The molecular formula is C8H16N2O. The second-order valence-corrected chi connectivity index (χ2v) is 3.76. The van der Waals surface area contributed by atoms with Gasteiger partial charge in [0.25, 0.3) is 0 Å². The third kappa shape index (κ3) is 1.93. The Kier molecular flexibility index (Phi) is 2.18. The van der Waals surface area contributed by atoms with E-state index in [1.165, 1.54) is 19.3 Å². The average molecular weight is 156 g/mol. The summed E-state index contributed by atoms with van der Waals surface area (Å²) in [5.41, 5.74) is 4.66. The molecule has 0 aromatic carbocycles. The number of hydrogen-bond donors (Lipinski definition) is 2. The molecule has 0 atom stereocenters. The zero-order valence-corrected chi connectivity index (χ0v) is 7.18. The lowest BCUT2D eigenvalue weighted by Crippen LogP contribution is -2.56. The molecule has 0 spiro atoms. The number of rotatable bonds is 3. The predicted octanol–water partition coefficient (Wildman–Crippen LogP) is 0.392. The molecule has 0 aliphatic heterocycles. The van der Waals surface area contributed by atoms with Crippen LogP contribution in [0.1, 0.15) is 33.1 Å². The zero-order chi connectivity index (χ0) is 8.48. The lowest BCUT2D eigenvalue weighted by atomic mass is 9.90. The summed E-state index contributed by atoms with van der Waals surface area (Å²) in [6, 6.07) is 0.512. The minimum atomic E-state index is -0.537. The molecule has 0 aromatic rings. The van der Waals surface area contributed by atoms with Crippen LogP contribution in [-0.4, -0.2) is 17.5 Å². The quantitative estimate of drug-likeness (QED) is 0.621. The Bertz CT molecular complexity index is 161. The summed E-state index contributed by atoms with van der Waals surface area (Å²) < 4.78 is 0. The fraction of sp³-hybridized carbons (Fsp3) is 0.875. The van der Waals surface area contributed by atoms with E-state index in [0.29, 0.717) is 6.04 Å². The molecule has 64 valence electrons. The molecule has 0 radical (unpaired) electrons. The van der Waals surface area contributed by atoms with Gasteiger partial charge in [0.15, 0.2) is 0 Å². The summed E-state index contributed by atoms with van der Waals surface area (Å²) in [4.78, 5) is 10.9. The Balaban J connectivity index is 2.38. The molecule has 1 fully saturated rings. The number of hydrogen-bond acceptors (Lipinski definition) is 2. The highest BCUT2D eigenvalue weighted by Crippen LogP contribution is 2.20. The minimum Gasteiger partial charge on any atom is -0.368 e. The van der Waals surface area contributed by atoms with Crippen LogP contribution in [-0.2, 0) is 4.79 Å². The Morgan fingerprint density at radius 2 is 2.09 bits per heavy atom. The monoisotopic (exact) mass is 156 g/mol. The maximum absolute atomic E-state index is 10.9. The van der Waals surface area contributed by atoms with Gasteiger partial charge in [-0.1, -0.05) is 6.42 Å². The number of carbonyl (C=O) groups excluding carboxylic acids is 1. The van der Waals surface area contributed by atoms with E-state index >= 15 is 0 Å². The van der Waals surface area contributed by atoms with Crippen LogP contribution < -0.4 is 11.1 Å². The van der Waals surface area contributed by atoms with Gasteiger partial charge >= 0.3 is 0 Å². The van der Waals surface area contributed by atoms with E-state index < -0.39 is 5.54 Å². The first-order valence-corrected chi connectivity index (χ1v) is 4.10. The van der Waals surface area contributed by atoms with Gasteiger partial charge in [0.05, 0.1) is 5.54 Å². The van der Waals surface area contributed by atoms with Crippen molar-refractivity contribution in [2.45, 2.75) is 44.7 Å². The SMILES string of the molecule is CC(C)(NC1CCC1)C(N)=O. The van der Waals surface area contributed by atoms with E-state index in [1.807, 2.05) is 13.8 Å². The van der Waals surface area contributed by atoms with Crippen LogP contribution in [0.25, 0.3) is 0 Å². The first kappa shape index (κ1) is 8.53. The van der Waals surface area contributed by atoms with Crippen molar-refractivity contribution >= 4 is 5.91 Å². The number of nitrogens with one attached hydrogen (secondary N) is 1. The van der Waals surface area contributed by atoms with E-state index in [2.05, 4.69) is 5.32 Å². The van der Waals surface area contributed by atoms with Gasteiger partial charge in [-0.15, -0.1) is 0 Å². The van der Waals surface area contributed by atoms with Gasteiger partial charge in [-0.2, -0.15) is 0 Å². The van der Waals surface area contributed by atoms with Crippen molar-refractivity contribution in [1.29, 1.82) is 0 Å². The molecular weight excluding hydrogens is 140 g/mol. The molecule has 3 N–H and O–H groups in total. The van der Waals surface area contributed by atoms with E-state index in [4.69, 9.17) is 5.73 Å². The molecule has 3 nitrogen and oxygen atoms in total. The average Bonchev–Trinajstić information content (AvgIpc) is 1.79. The molecule has 1 aliphatic carbocycles. The molecule has 0 heterocycles. The molecule has 0 aromatic heterocycles. The van der Waals surface area contributed by atoms with Crippen LogP contribution in [0.15, 0.2) is 0 Å². The number of carbonyl (C=O) groups is 1. The van der Waals surface area contributed by atoms with Crippen LogP contribution in [0.3, 0.4) is 0 Å². The third-order valence-electron chi connectivity index (χ3n) is 2.29. The van der Waals surface area contributed by atoms with Gasteiger partial charge in [-0.05, 0) is 26.7 Å². The maximum atomic E-state index is 10.9. The van der Waals surface area contributed by atoms with Crippen LogP contribution >= 0.6 is 0 Å². The van der Waals surface area contributed by atoms with Gasteiger partial charge < -0.3 is 11.1 Å². The fourth-order valence-corrected chi connectivity index (χ4v) is 1.13. The lowest BCUT2D eigenvalue weighted by Gasteiger charge is -2.34. The third-order valence-corrected chi connectivity index (χ3v) is 2.29. The Hall–Kier alpha value is -0.570. The number of primary amides is 1. The lowest BCUT2D eigenvalue weighted by molar-refractivity contribution is -0.123. The van der Waals surface area contributed by atoms with Crippen molar-refractivity contribution in [3.8, 4) is 0 Å². The summed E-state index contributed by atoms with van der Waals surface area (Å²) in [5.74, 6) is -0.274. The van der Waals surface area contributed by atoms with Gasteiger partial charge in [0.1, 0.15) is 0 Å². The van der Waals surface area contributed by atoms with Crippen molar-refractivity contribution in [1.82, 2.24) is 5.32 Å². The molecule has 1 amide bonds. The Morgan fingerprint density at radius 1 is 1.55 bits per heavy atom. The molecule has 11 heavy (non-hydrogen) atoms. The van der Waals surface area contributed by atoms with Crippen molar-refractivity contribution < 1.29 is 4.79 Å². The predicted molar refractivity (Wildman–Crippen MR) is 44.0 cm³/mol. The van der Waals surface area contributed by atoms with E-state index in [9.17, 15) is 4.79 Å². The molecule has 1 saturated carbocycles. The number of amides is 1. The van der Waals surface area contributed by atoms with Crippen LogP contribution in [0.4, 0.5) is 0 Å². The summed E-state index contributed by atoms with van der Waals surface area (Å²) in [6.07, 6.45) is 3.62. The van der Waals surface area contributed by atoms with E-state index in [-0.39, 0.29) is 5.91 Å². The second-order valence-electron chi connectivity index (χ2n) is 3.76. The Labute approximate surface area is 67.3 Å². The smallest absolute Gasteiger partial charge is 0.237 e. The largest absolute Gasteiger partial charge is 0.368 e. The fourth-order valence-electron chi connectivity index (χ4n) is 1.13. The normalized spacial score (nSPS) is 19.5. The van der Waals surface area contributed by atoms with Crippen LogP contribution in [0.2, 0.25) is 0 Å². The summed E-state index contributed by atoms with van der Waals surface area (Å²) in [5, 5.41) is 3.22. The topological polar surface area (TPSA) is 55.1 Å². The highest BCUT2D eigenvalue weighted by atomic mass is 16.1. The standard InChI is InChI=1S/C8H16N2O/c1-8(2,7(9)11)10-6-4-3-5-6/h6,10H,3-5H2,1-2H3,(H2,9,11). The van der Waals surface area contributed by atoms with Crippen molar-refractivity contribution in [3.05, 3.63) is 0 Å². The molecule has 1 aliphatic rings. The highest BCUT2D eigenvalue weighted by molar-refractivity contribution is 5.83. The van der Waals surface area contributed by atoms with Gasteiger partial charge in [0, 0.05) is 6.04 Å². The highest BCUT2D eigenvalue weighted by Gasteiger charge is 2.30. The summed E-state index contributed by atoms with van der Waals surface area (Å²) >= 11 is 0. The molecule has 3 heteroatoms. The maximum Gasteiger partial charge on any atom is 0.237 e. The Morgan fingerprint density at radius 3 is 2.36 bits per heavy atom. The second kappa shape index (κ2) is 2.81. The minimum absolute atomic E-state index is 0.274. The molecule has 0 saturated heterocycles. The van der Waals surface area contributed by atoms with Crippen molar-refractivity contribution in [2.24, 2.45) is 5.73 Å². The van der Waals surface area contributed by atoms with Crippen LogP contribution in [0, 0.1) is 0 Å².